The van der Waals surface area contributed by atoms with Crippen LogP contribution in [0.25, 0.3) is 0 Å². The maximum atomic E-state index is 12.4. The van der Waals surface area contributed by atoms with Crippen molar-refractivity contribution in [1.29, 1.82) is 0 Å². The Balaban J connectivity index is 4.95. The molecular weight excluding hydrogens is 253 g/mol. The molecule has 0 N–H and O–H groups in total. The molecule has 0 radical (unpaired) electrons. The third-order valence-electron chi connectivity index (χ3n) is 2.23. The Hall–Kier alpha value is 0.490. The smallest absolute Gasteiger partial charge is 0.217 e. The quantitative estimate of drug-likeness (QED) is 0.698. The minimum atomic E-state index is -3.38. The van der Waals surface area contributed by atoms with Crippen molar-refractivity contribution in [3.8, 4) is 0 Å². The van der Waals surface area contributed by atoms with E-state index in [1.54, 1.807) is 6.92 Å². The highest BCUT2D eigenvalue weighted by Crippen LogP contribution is 2.63. The van der Waals surface area contributed by atoms with Crippen molar-refractivity contribution in [2.45, 2.75) is 32.4 Å². The fourth-order valence-corrected chi connectivity index (χ4v) is 8.88. The summed E-state index contributed by atoms with van der Waals surface area (Å²) in [6.07, 6.45) is 2.34. The van der Waals surface area contributed by atoms with Gasteiger partial charge in [-0.2, -0.15) is 0 Å². The molecule has 0 aliphatic rings. The summed E-state index contributed by atoms with van der Waals surface area (Å²) in [5, 5.41) is 0.208. The Labute approximate surface area is 97.0 Å². The van der Waals surface area contributed by atoms with Gasteiger partial charge >= 0.3 is 0 Å². The van der Waals surface area contributed by atoms with Gasteiger partial charge in [-0.05, 0) is 6.42 Å². The Kier molecular flexibility index (Phi) is 5.90. The van der Waals surface area contributed by atoms with Gasteiger partial charge in [0.25, 0.3) is 0 Å². The standard InChI is InChI=1S/C8H20NO3PS2/c1-6-8(3)14-13(10,7-2)9(4)15(5,11)12/h8H,6-7H2,1-5H3. The van der Waals surface area contributed by atoms with Crippen molar-refractivity contribution in [1.82, 2.24) is 4.08 Å². The van der Waals surface area contributed by atoms with E-state index >= 15 is 0 Å². The molecule has 0 spiro atoms. The SMILES string of the molecule is CCC(C)SP(=O)(CC)N(C)S(C)(=O)=O. The first-order valence-electron chi connectivity index (χ1n) is 4.89. The van der Waals surface area contributed by atoms with Gasteiger partial charge in [0.2, 0.25) is 16.5 Å². The largest absolute Gasteiger partial charge is 0.294 e. The summed E-state index contributed by atoms with van der Waals surface area (Å²) in [6, 6.07) is 0. The summed E-state index contributed by atoms with van der Waals surface area (Å²) in [7, 11) is -1.98. The summed E-state index contributed by atoms with van der Waals surface area (Å²) < 4.78 is 36.1. The minimum Gasteiger partial charge on any atom is -0.294 e. The molecule has 0 heterocycles. The van der Waals surface area contributed by atoms with Gasteiger partial charge in [-0.3, -0.25) is 4.57 Å². The maximum absolute atomic E-state index is 12.4. The molecule has 0 saturated carbocycles. The Morgan fingerprint density at radius 3 is 2.13 bits per heavy atom. The third kappa shape index (κ3) is 4.47. The van der Waals surface area contributed by atoms with Crippen LogP contribution < -0.4 is 0 Å². The van der Waals surface area contributed by atoms with Crippen molar-refractivity contribution in [2.75, 3.05) is 19.5 Å². The van der Waals surface area contributed by atoms with Crippen LogP contribution in [-0.2, 0) is 14.6 Å². The van der Waals surface area contributed by atoms with Crippen molar-refractivity contribution in [2.24, 2.45) is 0 Å². The number of rotatable bonds is 6. The van der Waals surface area contributed by atoms with Gasteiger partial charge in [0.05, 0.1) is 6.26 Å². The van der Waals surface area contributed by atoms with E-state index in [0.29, 0.717) is 6.16 Å². The highest BCUT2D eigenvalue weighted by molar-refractivity contribution is 8.58. The second-order valence-electron chi connectivity index (χ2n) is 3.48. The molecule has 0 aliphatic carbocycles. The first-order chi connectivity index (χ1) is 6.67. The van der Waals surface area contributed by atoms with Gasteiger partial charge in [0.1, 0.15) is 0 Å². The van der Waals surface area contributed by atoms with E-state index in [9.17, 15) is 13.0 Å². The van der Waals surface area contributed by atoms with E-state index in [1.807, 2.05) is 13.8 Å². The fourth-order valence-electron chi connectivity index (χ4n) is 0.922. The van der Waals surface area contributed by atoms with Crippen LogP contribution in [0, 0.1) is 0 Å². The van der Waals surface area contributed by atoms with Gasteiger partial charge in [0, 0.05) is 18.5 Å². The van der Waals surface area contributed by atoms with Crippen LogP contribution in [0.1, 0.15) is 27.2 Å². The van der Waals surface area contributed by atoms with Gasteiger partial charge in [-0.1, -0.05) is 32.2 Å². The highest BCUT2D eigenvalue weighted by Gasteiger charge is 2.33. The topological polar surface area (TPSA) is 54.5 Å². The summed E-state index contributed by atoms with van der Waals surface area (Å²) >= 11 is 1.28. The second-order valence-corrected chi connectivity index (χ2v) is 11.6. The van der Waals surface area contributed by atoms with Crippen LogP contribution in [0.5, 0.6) is 0 Å². The summed E-state index contributed by atoms with van der Waals surface area (Å²) in [5.74, 6) is 0. The Morgan fingerprint density at radius 1 is 1.40 bits per heavy atom. The first kappa shape index (κ1) is 15.5. The number of hydrogen-bond donors (Lipinski definition) is 0. The van der Waals surface area contributed by atoms with Gasteiger partial charge in [0.15, 0.2) is 0 Å². The van der Waals surface area contributed by atoms with Gasteiger partial charge in [-0.25, -0.2) is 8.42 Å². The van der Waals surface area contributed by atoms with Crippen LogP contribution in [0.3, 0.4) is 0 Å². The molecule has 4 nitrogen and oxygen atoms in total. The molecule has 92 valence electrons. The summed E-state index contributed by atoms with van der Waals surface area (Å²) in [4.78, 5) is 0. The minimum absolute atomic E-state index is 0.208. The maximum Gasteiger partial charge on any atom is 0.217 e. The molecule has 0 aliphatic heterocycles. The molecule has 0 aromatic rings. The molecule has 0 fully saturated rings. The van der Waals surface area contributed by atoms with Crippen LogP contribution in [-0.4, -0.2) is 37.2 Å². The van der Waals surface area contributed by atoms with Crippen molar-refractivity contribution in [3.63, 3.8) is 0 Å². The van der Waals surface area contributed by atoms with Crippen molar-refractivity contribution >= 4 is 27.9 Å². The van der Waals surface area contributed by atoms with E-state index < -0.39 is 16.5 Å². The zero-order chi connectivity index (χ0) is 12.3. The molecule has 15 heavy (non-hydrogen) atoms. The Morgan fingerprint density at radius 2 is 1.87 bits per heavy atom. The van der Waals surface area contributed by atoms with E-state index in [1.165, 1.54) is 18.4 Å². The number of nitrogens with zero attached hydrogens (tertiary/aromatic N) is 1. The van der Waals surface area contributed by atoms with Crippen LogP contribution in [0.15, 0.2) is 0 Å². The van der Waals surface area contributed by atoms with Crippen LogP contribution in [0.2, 0.25) is 0 Å². The van der Waals surface area contributed by atoms with Gasteiger partial charge in [-0.15, -0.1) is 4.08 Å². The van der Waals surface area contributed by atoms with Gasteiger partial charge < -0.3 is 0 Å². The average Bonchev–Trinajstić information content (AvgIpc) is 2.14. The molecule has 0 bridgehead atoms. The lowest BCUT2D eigenvalue weighted by Crippen LogP contribution is -2.23. The molecule has 7 heteroatoms. The second kappa shape index (κ2) is 5.71. The Bertz CT molecular complexity index is 342. The zero-order valence-electron chi connectivity index (χ0n) is 9.93. The highest BCUT2D eigenvalue weighted by atomic mass is 32.7. The van der Waals surface area contributed by atoms with E-state index in [2.05, 4.69) is 0 Å². The zero-order valence-corrected chi connectivity index (χ0v) is 12.5. The third-order valence-corrected chi connectivity index (χ3v) is 11.4. The van der Waals surface area contributed by atoms with Crippen molar-refractivity contribution in [3.05, 3.63) is 0 Å². The molecule has 0 rings (SSSR count). The summed E-state index contributed by atoms with van der Waals surface area (Å²) in [6.45, 7) is 2.90. The van der Waals surface area contributed by atoms with E-state index in [4.69, 9.17) is 0 Å². The predicted octanol–water partition coefficient (Wildman–Crippen LogP) is 2.62. The number of hydrogen-bond acceptors (Lipinski definition) is 4. The predicted molar refractivity (Wildman–Crippen MR) is 68.1 cm³/mol. The molecule has 0 amide bonds. The molecule has 0 aromatic carbocycles. The fraction of sp³-hybridized carbons (Fsp3) is 1.00. The lowest BCUT2D eigenvalue weighted by molar-refractivity contribution is 0.535. The lowest BCUT2D eigenvalue weighted by atomic mass is 10.4. The molecule has 2 unspecified atom stereocenters. The lowest BCUT2D eigenvalue weighted by Gasteiger charge is -2.26. The normalized spacial score (nSPS) is 18.8. The van der Waals surface area contributed by atoms with E-state index in [0.717, 1.165) is 16.8 Å². The number of sulfonamides is 1. The van der Waals surface area contributed by atoms with Crippen molar-refractivity contribution < 1.29 is 13.0 Å². The molecular formula is C8H20NO3PS2. The van der Waals surface area contributed by atoms with Crippen LogP contribution in [0.4, 0.5) is 0 Å². The molecule has 0 aromatic heterocycles. The molecule has 0 saturated heterocycles. The first-order valence-corrected chi connectivity index (χ1v) is 10.1. The van der Waals surface area contributed by atoms with E-state index in [-0.39, 0.29) is 5.25 Å². The molecule has 2 atom stereocenters. The average molecular weight is 273 g/mol. The monoisotopic (exact) mass is 273 g/mol. The summed E-state index contributed by atoms with van der Waals surface area (Å²) in [5.41, 5.74) is 0. The van der Waals surface area contributed by atoms with Crippen LogP contribution >= 0.6 is 17.9 Å².